The molecule has 3 heterocycles. The minimum atomic E-state index is -1.18. The summed E-state index contributed by atoms with van der Waals surface area (Å²) in [4.78, 5) is 8.01. The van der Waals surface area contributed by atoms with Gasteiger partial charge in [0.25, 0.3) is 0 Å². The Labute approximate surface area is 113 Å². The van der Waals surface area contributed by atoms with E-state index in [0.29, 0.717) is 22.6 Å². The minimum Gasteiger partial charge on any atom is -0.479 e. The highest BCUT2D eigenvalue weighted by atomic mass is 16.6. The van der Waals surface area contributed by atoms with Gasteiger partial charge in [-0.15, -0.1) is 0 Å². The zero-order valence-corrected chi connectivity index (χ0v) is 10.6. The van der Waals surface area contributed by atoms with Gasteiger partial charge in [-0.3, -0.25) is 5.10 Å². The van der Waals surface area contributed by atoms with Crippen LogP contribution in [0.2, 0.25) is 0 Å². The number of aliphatic hydroxyl groups excluding tert-OH is 3. The van der Waals surface area contributed by atoms with Crippen molar-refractivity contribution in [3.05, 3.63) is 12.0 Å². The summed E-state index contributed by atoms with van der Waals surface area (Å²) in [6.45, 7) is -0.390. The van der Waals surface area contributed by atoms with Crippen LogP contribution in [-0.2, 0) is 4.74 Å². The van der Waals surface area contributed by atoms with E-state index in [1.807, 2.05) is 0 Å². The molecule has 0 spiro atoms. The number of H-pyrrole nitrogens is 1. The highest BCUT2D eigenvalue weighted by molar-refractivity contribution is 5.81. The summed E-state index contributed by atoms with van der Waals surface area (Å²) >= 11 is 0. The molecule has 108 valence electrons. The topological polar surface area (TPSA) is 134 Å². The van der Waals surface area contributed by atoms with E-state index >= 15 is 0 Å². The molecule has 4 N–H and O–H groups in total. The third-order valence-electron chi connectivity index (χ3n) is 3.35. The number of nitrogens with zero attached hydrogens (tertiary/aromatic N) is 3. The summed E-state index contributed by atoms with van der Waals surface area (Å²) < 4.78 is 10.5. The molecule has 0 saturated carbocycles. The predicted octanol–water partition coefficient (Wildman–Crippen LogP) is -1.48. The predicted molar refractivity (Wildman–Crippen MR) is 64.9 cm³/mol. The Kier molecular flexibility index (Phi) is 3.26. The third kappa shape index (κ3) is 1.83. The molecule has 1 aliphatic rings. The lowest BCUT2D eigenvalue weighted by Crippen LogP contribution is -2.32. The van der Waals surface area contributed by atoms with Gasteiger partial charge in [-0.05, 0) is 0 Å². The lowest BCUT2D eigenvalue weighted by molar-refractivity contribution is -0.0236. The Hall–Kier alpha value is -1.81. The van der Waals surface area contributed by atoms with Crippen molar-refractivity contribution < 1.29 is 24.8 Å². The van der Waals surface area contributed by atoms with E-state index in [9.17, 15) is 10.2 Å². The molecule has 0 aromatic carbocycles. The van der Waals surface area contributed by atoms with Crippen molar-refractivity contribution >= 4 is 11.0 Å². The first-order valence-electron chi connectivity index (χ1n) is 6.02. The molecule has 9 heteroatoms. The van der Waals surface area contributed by atoms with E-state index < -0.39 is 24.4 Å². The standard InChI is InChI=1S/C11H14N4O5/c1-19-11-7-5(12-3-13-11)6(14-15-7)10-9(18)8(17)4(2-16)20-10/h3-4,8-10,16-18H,2H2,1H3,(H,14,15)/t4-,8-,9-,10+/m1/s1. The van der Waals surface area contributed by atoms with E-state index in [0.717, 1.165) is 0 Å². The highest BCUT2D eigenvalue weighted by Gasteiger charge is 2.44. The summed E-state index contributed by atoms with van der Waals surface area (Å²) in [5, 5.41) is 35.6. The van der Waals surface area contributed by atoms with E-state index in [1.165, 1.54) is 13.4 Å². The van der Waals surface area contributed by atoms with Crippen molar-refractivity contribution in [2.24, 2.45) is 0 Å². The first-order valence-corrected chi connectivity index (χ1v) is 6.02. The number of ether oxygens (including phenoxy) is 2. The van der Waals surface area contributed by atoms with Crippen LogP contribution in [0.3, 0.4) is 0 Å². The fourth-order valence-electron chi connectivity index (χ4n) is 2.32. The van der Waals surface area contributed by atoms with Crippen LogP contribution < -0.4 is 4.74 Å². The third-order valence-corrected chi connectivity index (χ3v) is 3.35. The van der Waals surface area contributed by atoms with E-state index in [4.69, 9.17) is 14.6 Å². The molecule has 0 aliphatic carbocycles. The Morgan fingerprint density at radius 3 is 2.75 bits per heavy atom. The molecule has 3 rings (SSSR count). The van der Waals surface area contributed by atoms with E-state index in [1.54, 1.807) is 0 Å². The average Bonchev–Trinajstić information content (AvgIpc) is 3.01. The first kappa shape index (κ1) is 13.2. The number of hydrogen-bond acceptors (Lipinski definition) is 8. The molecule has 4 atom stereocenters. The van der Waals surface area contributed by atoms with Gasteiger partial charge in [-0.1, -0.05) is 0 Å². The molecular weight excluding hydrogens is 268 g/mol. The van der Waals surface area contributed by atoms with Crippen LogP contribution in [0.4, 0.5) is 0 Å². The molecule has 0 unspecified atom stereocenters. The van der Waals surface area contributed by atoms with Crippen molar-refractivity contribution in [1.82, 2.24) is 20.2 Å². The van der Waals surface area contributed by atoms with Crippen molar-refractivity contribution in [3.8, 4) is 5.88 Å². The van der Waals surface area contributed by atoms with Crippen LogP contribution in [0.25, 0.3) is 11.0 Å². The quantitative estimate of drug-likeness (QED) is 0.535. The number of methoxy groups -OCH3 is 1. The van der Waals surface area contributed by atoms with Crippen LogP contribution in [-0.4, -0.2) is 67.5 Å². The normalized spacial score (nSPS) is 30.0. The molecule has 9 nitrogen and oxygen atoms in total. The van der Waals surface area contributed by atoms with Crippen LogP contribution >= 0.6 is 0 Å². The van der Waals surface area contributed by atoms with Gasteiger partial charge >= 0.3 is 0 Å². The van der Waals surface area contributed by atoms with Crippen molar-refractivity contribution in [2.75, 3.05) is 13.7 Å². The maximum atomic E-state index is 10.0. The number of hydrogen-bond donors (Lipinski definition) is 4. The lowest BCUT2D eigenvalue weighted by Gasteiger charge is -2.12. The van der Waals surface area contributed by atoms with Crippen molar-refractivity contribution in [1.29, 1.82) is 0 Å². The average molecular weight is 282 g/mol. The SMILES string of the molecule is COc1ncnc2c([C@@H]3O[C@H](CO)[C@@H](O)[C@H]3O)[nH]nc12. The van der Waals surface area contributed by atoms with Crippen LogP contribution in [0.15, 0.2) is 6.33 Å². The molecule has 20 heavy (non-hydrogen) atoms. The Morgan fingerprint density at radius 2 is 2.10 bits per heavy atom. The second-order valence-electron chi connectivity index (χ2n) is 4.48. The Bertz CT molecular complexity index is 618. The van der Waals surface area contributed by atoms with Gasteiger partial charge in [0.15, 0.2) is 5.52 Å². The van der Waals surface area contributed by atoms with Gasteiger partial charge in [0.05, 0.1) is 19.4 Å². The molecular formula is C11H14N4O5. The number of nitrogens with one attached hydrogen (secondary N) is 1. The monoisotopic (exact) mass is 282 g/mol. The fourth-order valence-corrected chi connectivity index (χ4v) is 2.32. The maximum Gasteiger partial charge on any atom is 0.245 e. The van der Waals surface area contributed by atoms with E-state index in [2.05, 4.69) is 20.2 Å². The summed E-state index contributed by atoms with van der Waals surface area (Å²) in [6, 6.07) is 0. The van der Waals surface area contributed by atoms with Crippen LogP contribution in [0, 0.1) is 0 Å². The second kappa shape index (κ2) is 4.94. The van der Waals surface area contributed by atoms with Gasteiger partial charge in [-0.25, -0.2) is 4.98 Å². The molecule has 1 fully saturated rings. The maximum absolute atomic E-state index is 10.0. The molecule has 0 radical (unpaired) electrons. The number of aromatic nitrogens is 4. The van der Waals surface area contributed by atoms with Gasteiger partial charge in [0.1, 0.15) is 36.3 Å². The molecule has 0 bridgehead atoms. The van der Waals surface area contributed by atoms with Gasteiger partial charge < -0.3 is 24.8 Å². The number of rotatable bonds is 3. The van der Waals surface area contributed by atoms with Crippen LogP contribution in [0.5, 0.6) is 5.88 Å². The summed E-state index contributed by atoms with van der Waals surface area (Å²) in [7, 11) is 1.46. The smallest absolute Gasteiger partial charge is 0.245 e. The molecule has 0 amide bonds. The zero-order valence-electron chi connectivity index (χ0n) is 10.6. The highest BCUT2D eigenvalue weighted by Crippen LogP contribution is 2.36. The molecule has 1 saturated heterocycles. The molecule has 1 aliphatic heterocycles. The summed E-state index contributed by atoms with van der Waals surface area (Å²) in [5.41, 5.74) is 1.25. The second-order valence-corrected chi connectivity index (χ2v) is 4.48. The lowest BCUT2D eigenvalue weighted by atomic mass is 10.1. The first-order chi connectivity index (χ1) is 9.67. The summed E-state index contributed by atoms with van der Waals surface area (Å²) in [6.07, 6.45) is -2.76. The largest absolute Gasteiger partial charge is 0.479 e. The fraction of sp³-hybridized carbons (Fsp3) is 0.545. The number of aliphatic hydroxyl groups is 3. The van der Waals surface area contributed by atoms with Crippen LogP contribution in [0.1, 0.15) is 11.8 Å². The number of fused-ring (bicyclic) bond motifs is 1. The van der Waals surface area contributed by atoms with Crippen molar-refractivity contribution in [3.63, 3.8) is 0 Å². The van der Waals surface area contributed by atoms with Crippen molar-refractivity contribution in [2.45, 2.75) is 24.4 Å². The minimum absolute atomic E-state index is 0.296. The Balaban J connectivity index is 2.03. The molecule has 2 aromatic heterocycles. The van der Waals surface area contributed by atoms with Gasteiger partial charge in [-0.2, -0.15) is 10.1 Å². The number of aromatic amines is 1. The van der Waals surface area contributed by atoms with Gasteiger partial charge in [0, 0.05) is 0 Å². The summed E-state index contributed by atoms with van der Waals surface area (Å²) in [5.74, 6) is 0.296. The zero-order chi connectivity index (χ0) is 14.3. The Morgan fingerprint density at radius 1 is 1.30 bits per heavy atom. The molecule has 2 aromatic rings. The van der Waals surface area contributed by atoms with Gasteiger partial charge in [0.2, 0.25) is 5.88 Å². The van der Waals surface area contributed by atoms with E-state index in [-0.39, 0.29) is 6.61 Å².